The molecule has 7 saturated carbocycles. The zero-order valence-corrected chi connectivity index (χ0v) is 67.4. The van der Waals surface area contributed by atoms with E-state index >= 15 is 0 Å². The van der Waals surface area contributed by atoms with Crippen molar-refractivity contribution in [3.05, 3.63) is 190 Å². The van der Waals surface area contributed by atoms with Gasteiger partial charge in [0.1, 0.15) is 35.4 Å². The van der Waals surface area contributed by atoms with Gasteiger partial charge in [0.15, 0.2) is 18.2 Å². The molecule has 5 heterocycles. The highest BCUT2D eigenvalue weighted by Gasteiger charge is 2.46. The fourth-order valence-corrected chi connectivity index (χ4v) is 23.8. The molecular formula is C97H123ClFN5O7. The summed E-state index contributed by atoms with van der Waals surface area (Å²) in [5, 5.41) is 0.573. The molecular weight excluding hydrogens is 1400 g/mol. The van der Waals surface area contributed by atoms with Crippen molar-refractivity contribution >= 4 is 29.1 Å². The number of para-hydroxylation sites is 2. The Kier molecular flexibility index (Phi) is 25.5. The molecule has 13 aliphatic rings. The van der Waals surface area contributed by atoms with E-state index < -0.39 is 0 Å². The Hall–Kier alpha value is -6.87. The average Bonchev–Trinajstić information content (AvgIpc) is 1.78. The van der Waals surface area contributed by atoms with Gasteiger partial charge in [-0.05, 0) is 366 Å². The molecule has 19 rings (SSSR count). The predicted octanol–water partition coefficient (Wildman–Crippen LogP) is 20.2. The number of benzene rings is 6. The van der Waals surface area contributed by atoms with E-state index in [1.165, 1.54) is 208 Å². The van der Waals surface area contributed by atoms with Gasteiger partial charge in [-0.1, -0.05) is 110 Å². The first-order valence-corrected chi connectivity index (χ1v) is 43.9. The normalized spacial score (nSPS) is 28.7. The number of ketones is 2. The number of halogens is 2. The Morgan fingerprint density at radius 1 is 0.432 bits per heavy atom. The van der Waals surface area contributed by atoms with Crippen molar-refractivity contribution in [1.29, 1.82) is 0 Å². The SMILES string of the molecule is CC(=O)COc1ccccc1C1CCN([C@H]2C[C@H]3CC[C@H]2C3)CC1.COc1ccc(-c2ccc(C(=O)N3CCCC3)cc2)cc1C1CCN([C@H]2C[C@H]3CC[C@H]2C3)CC1.COc1ccc(F)cc1C1CCN(C[C@H]2C[C@H]3C=C[C@H]2C3)CC1.O=C(COc1ccccc1C1CCN([C@H]2C[C@H]3CC[C@H]2C3)CC1)c1cccc(Cl)c1. The smallest absolute Gasteiger partial charge is 0.253 e. The van der Waals surface area contributed by atoms with Crippen LogP contribution in [0.5, 0.6) is 23.0 Å². The quantitative estimate of drug-likeness (QED) is 0.0539. The van der Waals surface area contributed by atoms with Crippen LogP contribution in [0, 0.1) is 59.1 Å². The van der Waals surface area contributed by atoms with Crippen LogP contribution in [0.25, 0.3) is 11.1 Å². The third-order valence-electron chi connectivity index (χ3n) is 29.4. The summed E-state index contributed by atoms with van der Waals surface area (Å²) in [4.78, 5) is 49.4. The molecule has 12 nitrogen and oxygen atoms in total. The highest BCUT2D eigenvalue weighted by atomic mass is 35.5. The number of allylic oxidation sites excluding steroid dienone is 2. The van der Waals surface area contributed by atoms with Crippen LogP contribution in [0.1, 0.15) is 228 Å². The summed E-state index contributed by atoms with van der Waals surface area (Å²) in [6.07, 6.45) is 36.9. The lowest BCUT2D eigenvalue weighted by Crippen LogP contribution is -2.43. The lowest BCUT2D eigenvalue weighted by atomic mass is 9.85. The van der Waals surface area contributed by atoms with Crippen LogP contribution >= 0.6 is 11.6 Å². The fraction of sp³-hybridized carbons (Fsp3) is 0.577. The summed E-state index contributed by atoms with van der Waals surface area (Å²) in [5.74, 6) is 14.3. The second-order valence-corrected chi connectivity index (χ2v) is 36.4. The number of piperidine rings is 4. The number of carbonyl (C=O) groups excluding carboxylic acids is 3. The topological polar surface area (TPSA) is 104 Å². The molecule has 0 spiro atoms. The van der Waals surface area contributed by atoms with Gasteiger partial charge in [0.05, 0.1) is 14.2 Å². The third kappa shape index (κ3) is 18.6. The number of carbonyl (C=O) groups is 3. The first kappa shape index (κ1) is 78.0. The molecule has 12 atom stereocenters. The Balaban J connectivity index is 0.000000114. The standard InChI is InChI=1S/C30H38N2O2.C26H30ClNO2.C21H29NO2.C20H26FNO/c1-34-29-11-10-25(22-6-8-24(9-7-22)30(33)32-14-2-3-15-32)20-27(29)23-12-16-31(17-13-23)28-19-21-4-5-26(28)18-21;27-22-5-3-4-21(16-22)25(29)17-30-26-7-2-1-6-23(26)19-10-12-28(13-11-19)24-15-18-8-9-20(24)14-18;1-15(23)14-24-21-5-3-2-4-19(21)17-8-10-22(11-9-17)20-13-16-6-7-18(20)12-16;1-23-20-5-4-18(21)12-19(20)15-6-8-22(9-7-15)13-17-11-14-2-3-16(17)10-14/h6-11,20-21,23,26,28H,2-5,12-19H2,1H3;1-7,16,18-20,24H,8-15,17H2;2-5,16-18,20H,6-14H2,1H3;2-5,12,14-17H,6-11,13H2,1H3/t21-,26-,28-;18-,20-,24-;16-,18-,20-;14-,16-,17+/m0000/s1. The van der Waals surface area contributed by atoms with Crippen LogP contribution in [0.3, 0.4) is 0 Å². The third-order valence-corrected chi connectivity index (χ3v) is 29.6. The number of rotatable bonds is 20. The molecule has 14 heteroatoms. The fourth-order valence-electron chi connectivity index (χ4n) is 23.6. The summed E-state index contributed by atoms with van der Waals surface area (Å²) >= 11 is 6.02. The van der Waals surface area contributed by atoms with Crippen LogP contribution in [-0.4, -0.2) is 160 Å². The number of ether oxygens (including phenoxy) is 4. The van der Waals surface area contributed by atoms with Crippen molar-refractivity contribution in [3.8, 4) is 34.1 Å². The Morgan fingerprint density at radius 2 is 0.919 bits per heavy atom. The Labute approximate surface area is 666 Å². The van der Waals surface area contributed by atoms with Crippen LogP contribution in [-0.2, 0) is 4.79 Å². The van der Waals surface area contributed by atoms with E-state index in [1.54, 1.807) is 57.5 Å². The van der Waals surface area contributed by atoms with Gasteiger partial charge in [-0.3, -0.25) is 14.4 Å². The Morgan fingerprint density at radius 3 is 1.39 bits per heavy atom. The van der Waals surface area contributed by atoms with Gasteiger partial charge < -0.3 is 43.4 Å². The van der Waals surface area contributed by atoms with Gasteiger partial charge in [-0.2, -0.15) is 0 Å². The van der Waals surface area contributed by atoms with Gasteiger partial charge in [-0.25, -0.2) is 4.39 Å². The van der Waals surface area contributed by atoms with Crippen LogP contribution in [0.2, 0.25) is 5.02 Å². The molecule has 111 heavy (non-hydrogen) atoms. The minimum absolute atomic E-state index is 0.0430. The number of hydrogen-bond acceptors (Lipinski definition) is 11. The van der Waals surface area contributed by atoms with E-state index in [1.807, 2.05) is 41.3 Å². The van der Waals surface area contributed by atoms with E-state index in [-0.39, 0.29) is 36.5 Å². The van der Waals surface area contributed by atoms with Crippen molar-refractivity contribution in [2.75, 3.05) is 99.4 Å². The number of Topliss-reactive ketones (excluding diaryl/α,β-unsaturated/α-hetero) is 2. The molecule has 8 aliphatic carbocycles. The number of methoxy groups -OCH3 is 2. The van der Waals surface area contributed by atoms with Gasteiger partial charge in [0.2, 0.25) is 0 Å². The maximum atomic E-state index is 13.6. The minimum atomic E-state index is -0.156. The number of nitrogens with zero attached hydrogens (tertiary/aromatic N) is 5. The van der Waals surface area contributed by atoms with Crippen LogP contribution in [0.4, 0.5) is 4.39 Å². The maximum Gasteiger partial charge on any atom is 0.253 e. The van der Waals surface area contributed by atoms with E-state index in [4.69, 9.17) is 30.5 Å². The van der Waals surface area contributed by atoms with Crippen molar-refractivity contribution in [1.82, 2.24) is 24.5 Å². The van der Waals surface area contributed by atoms with Crippen LogP contribution < -0.4 is 18.9 Å². The molecule has 0 unspecified atom stereocenters. The predicted molar refractivity (Wildman–Crippen MR) is 442 cm³/mol. The van der Waals surface area contributed by atoms with Gasteiger partial charge >= 0.3 is 0 Å². The molecule has 5 aliphatic heterocycles. The molecule has 0 N–H and O–H groups in total. The van der Waals surface area contributed by atoms with Crippen molar-refractivity contribution in [2.24, 2.45) is 53.3 Å². The summed E-state index contributed by atoms with van der Waals surface area (Å²) < 4.78 is 36.6. The second-order valence-electron chi connectivity index (χ2n) is 36.0. The molecule has 8 bridgehead atoms. The van der Waals surface area contributed by atoms with Gasteiger partial charge in [-0.15, -0.1) is 0 Å². The molecule has 6 aromatic carbocycles. The number of amides is 1. The van der Waals surface area contributed by atoms with E-state index in [9.17, 15) is 18.8 Å². The summed E-state index contributed by atoms with van der Waals surface area (Å²) in [6, 6.07) is 45.9. The van der Waals surface area contributed by atoms with E-state index in [2.05, 4.69) is 86.3 Å². The van der Waals surface area contributed by atoms with Crippen molar-refractivity contribution in [2.45, 2.75) is 203 Å². The summed E-state index contributed by atoms with van der Waals surface area (Å²) in [5.41, 5.74) is 8.73. The van der Waals surface area contributed by atoms with Crippen LogP contribution in [0.15, 0.2) is 146 Å². The number of hydrogen-bond donors (Lipinski definition) is 0. The average molecular weight is 1530 g/mol. The Bertz CT molecular complexity index is 4150. The molecule has 5 saturated heterocycles. The number of likely N-dealkylation sites (tertiary alicyclic amines) is 5. The molecule has 0 aromatic heterocycles. The van der Waals surface area contributed by atoms with Crippen molar-refractivity contribution < 1.29 is 37.7 Å². The lowest BCUT2D eigenvalue weighted by molar-refractivity contribution is -0.118. The van der Waals surface area contributed by atoms with Crippen molar-refractivity contribution in [3.63, 3.8) is 0 Å². The largest absolute Gasteiger partial charge is 0.496 e. The minimum Gasteiger partial charge on any atom is -0.496 e. The summed E-state index contributed by atoms with van der Waals surface area (Å²) in [6.45, 7) is 14.4. The van der Waals surface area contributed by atoms with Gasteiger partial charge in [0, 0.05) is 59.5 Å². The molecule has 6 aromatic rings. The highest BCUT2D eigenvalue weighted by molar-refractivity contribution is 6.31. The molecule has 12 fully saturated rings. The van der Waals surface area contributed by atoms with E-state index in [0.717, 1.165) is 157 Å². The second kappa shape index (κ2) is 36.3. The zero-order chi connectivity index (χ0) is 75.9. The number of fused-ring (bicyclic) bond motifs is 8. The molecule has 592 valence electrons. The lowest BCUT2D eigenvalue weighted by Gasteiger charge is -2.40. The monoisotopic (exact) mass is 1520 g/mol. The molecule has 1 amide bonds. The first-order chi connectivity index (χ1) is 54.3. The highest BCUT2D eigenvalue weighted by Crippen LogP contribution is 2.52. The zero-order valence-electron chi connectivity index (χ0n) is 66.6. The maximum absolute atomic E-state index is 13.6. The molecule has 0 radical (unpaired) electrons. The summed E-state index contributed by atoms with van der Waals surface area (Å²) in [7, 11) is 3.47. The van der Waals surface area contributed by atoms with E-state index in [0.29, 0.717) is 34.3 Å². The van der Waals surface area contributed by atoms with Gasteiger partial charge in [0.25, 0.3) is 5.91 Å². The first-order valence-electron chi connectivity index (χ1n) is 43.6.